The number of imidazole rings is 1. The number of aromatic carboxylic acids is 1. The molecule has 106 valence electrons. The van der Waals surface area contributed by atoms with E-state index in [1.165, 1.54) is 0 Å². The molecule has 2 aromatic heterocycles. The van der Waals surface area contributed by atoms with E-state index < -0.39 is 5.97 Å². The molecule has 0 radical (unpaired) electrons. The quantitative estimate of drug-likeness (QED) is 0.888. The zero-order chi connectivity index (χ0) is 14.1. The molecule has 1 fully saturated rings. The van der Waals surface area contributed by atoms with Gasteiger partial charge in [0, 0.05) is 12.5 Å². The van der Waals surface area contributed by atoms with Crippen LogP contribution in [0.25, 0.3) is 5.52 Å². The van der Waals surface area contributed by atoms with E-state index in [-0.39, 0.29) is 11.6 Å². The van der Waals surface area contributed by atoms with E-state index in [1.807, 2.05) is 10.5 Å². The van der Waals surface area contributed by atoms with Crippen molar-refractivity contribution in [2.45, 2.75) is 18.8 Å². The number of ether oxygens (including phenoxy) is 1. The summed E-state index contributed by atoms with van der Waals surface area (Å²) < 4.78 is 7.18. The van der Waals surface area contributed by atoms with Crippen molar-refractivity contribution in [1.29, 1.82) is 0 Å². The fraction of sp³-hybridized carbons (Fsp3) is 0.429. The average Bonchev–Trinajstić information content (AvgIpc) is 2.88. The molecule has 3 rings (SSSR count). The van der Waals surface area contributed by atoms with Gasteiger partial charge >= 0.3 is 5.97 Å². The minimum atomic E-state index is -1.01. The Balaban J connectivity index is 2.21. The third kappa shape index (κ3) is 2.02. The number of carbonyl (C=O) groups is 1. The summed E-state index contributed by atoms with van der Waals surface area (Å²) in [5, 5.41) is 12.7. The van der Waals surface area contributed by atoms with Gasteiger partial charge < -0.3 is 15.2 Å². The Morgan fingerprint density at radius 2 is 2.40 bits per heavy atom. The van der Waals surface area contributed by atoms with Crippen molar-refractivity contribution in [3.05, 3.63) is 29.7 Å². The Bertz CT molecular complexity index is 644. The average molecular weight is 275 g/mol. The highest BCUT2D eigenvalue weighted by molar-refractivity contribution is 5.94. The van der Waals surface area contributed by atoms with Crippen molar-refractivity contribution in [2.24, 2.45) is 0 Å². The van der Waals surface area contributed by atoms with E-state index in [0.717, 1.165) is 31.8 Å². The van der Waals surface area contributed by atoms with Crippen molar-refractivity contribution >= 4 is 11.5 Å². The van der Waals surface area contributed by atoms with Crippen LogP contribution in [0.15, 0.2) is 18.2 Å². The smallest absolute Gasteiger partial charge is 0.356 e. The lowest BCUT2D eigenvalue weighted by Gasteiger charge is -2.22. The summed E-state index contributed by atoms with van der Waals surface area (Å²) in [4.78, 5) is 15.7. The molecule has 0 spiro atoms. The zero-order valence-electron chi connectivity index (χ0n) is 11.3. The van der Waals surface area contributed by atoms with E-state index in [0.29, 0.717) is 11.4 Å². The number of hydrogen-bond donors (Lipinski definition) is 2. The normalized spacial score (nSPS) is 19.1. The molecule has 0 aromatic carbocycles. The van der Waals surface area contributed by atoms with Gasteiger partial charge in [0.25, 0.3) is 0 Å². The Labute approximate surface area is 116 Å². The number of hydrogen-bond acceptors (Lipinski definition) is 4. The first-order valence-corrected chi connectivity index (χ1v) is 6.71. The van der Waals surface area contributed by atoms with Gasteiger partial charge in [0.05, 0.1) is 12.6 Å². The van der Waals surface area contributed by atoms with Gasteiger partial charge in [-0.2, -0.15) is 0 Å². The number of piperidine rings is 1. The molecule has 0 bridgehead atoms. The van der Waals surface area contributed by atoms with Crippen molar-refractivity contribution < 1.29 is 14.6 Å². The SMILES string of the molecule is COc1cccc2c(C(=O)O)nc(C3CCCNC3)n12. The molecule has 1 aliphatic rings. The van der Waals surface area contributed by atoms with Crippen molar-refractivity contribution in [3.8, 4) is 5.88 Å². The Morgan fingerprint density at radius 1 is 1.55 bits per heavy atom. The van der Waals surface area contributed by atoms with Gasteiger partial charge in [-0.3, -0.25) is 4.40 Å². The van der Waals surface area contributed by atoms with Gasteiger partial charge in [0.2, 0.25) is 0 Å². The lowest BCUT2D eigenvalue weighted by Crippen LogP contribution is -2.29. The van der Waals surface area contributed by atoms with Crippen LogP contribution in [-0.4, -0.2) is 40.7 Å². The minimum Gasteiger partial charge on any atom is -0.482 e. The Morgan fingerprint density at radius 3 is 3.05 bits per heavy atom. The van der Waals surface area contributed by atoms with Crippen LogP contribution in [0.3, 0.4) is 0 Å². The van der Waals surface area contributed by atoms with Crippen molar-refractivity contribution in [3.63, 3.8) is 0 Å². The lowest BCUT2D eigenvalue weighted by molar-refractivity contribution is 0.0693. The van der Waals surface area contributed by atoms with Crippen LogP contribution in [0.1, 0.15) is 35.1 Å². The second kappa shape index (κ2) is 5.13. The summed E-state index contributed by atoms with van der Waals surface area (Å²) >= 11 is 0. The maximum atomic E-state index is 11.4. The van der Waals surface area contributed by atoms with Crippen LogP contribution in [0.4, 0.5) is 0 Å². The fourth-order valence-corrected chi connectivity index (χ4v) is 2.80. The molecule has 0 aliphatic carbocycles. The van der Waals surface area contributed by atoms with Gasteiger partial charge in [-0.25, -0.2) is 9.78 Å². The highest BCUT2D eigenvalue weighted by Crippen LogP contribution is 2.28. The molecule has 2 aromatic rings. The number of fused-ring (bicyclic) bond motifs is 1. The fourth-order valence-electron chi connectivity index (χ4n) is 2.80. The van der Waals surface area contributed by atoms with E-state index in [4.69, 9.17) is 4.74 Å². The molecule has 1 unspecified atom stereocenters. The van der Waals surface area contributed by atoms with E-state index in [1.54, 1.807) is 19.2 Å². The molecule has 0 saturated carbocycles. The zero-order valence-corrected chi connectivity index (χ0v) is 11.3. The number of carboxylic acids is 1. The number of aromatic nitrogens is 2. The first-order valence-electron chi connectivity index (χ1n) is 6.71. The molecule has 1 atom stereocenters. The second-order valence-electron chi connectivity index (χ2n) is 4.96. The maximum absolute atomic E-state index is 11.4. The lowest BCUT2D eigenvalue weighted by atomic mass is 9.99. The molecule has 6 nitrogen and oxygen atoms in total. The van der Waals surface area contributed by atoms with Crippen molar-refractivity contribution in [1.82, 2.24) is 14.7 Å². The molecule has 1 saturated heterocycles. The number of methoxy groups -OCH3 is 1. The monoisotopic (exact) mass is 275 g/mol. The second-order valence-corrected chi connectivity index (χ2v) is 4.96. The van der Waals surface area contributed by atoms with Gasteiger partial charge in [0.15, 0.2) is 11.6 Å². The van der Waals surface area contributed by atoms with E-state index >= 15 is 0 Å². The first-order chi connectivity index (χ1) is 9.72. The first kappa shape index (κ1) is 12.9. The largest absolute Gasteiger partial charge is 0.482 e. The molecule has 1 aliphatic heterocycles. The van der Waals surface area contributed by atoms with Crippen LogP contribution < -0.4 is 10.1 Å². The van der Waals surface area contributed by atoms with Crippen LogP contribution in [-0.2, 0) is 0 Å². The summed E-state index contributed by atoms with van der Waals surface area (Å²) in [5.41, 5.74) is 0.668. The molecule has 0 amide bonds. The highest BCUT2D eigenvalue weighted by Gasteiger charge is 2.25. The van der Waals surface area contributed by atoms with Crippen molar-refractivity contribution in [2.75, 3.05) is 20.2 Å². The number of rotatable bonds is 3. The summed E-state index contributed by atoms with van der Waals surface area (Å²) in [6.45, 7) is 1.82. The number of nitrogens with one attached hydrogen (secondary N) is 1. The van der Waals surface area contributed by atoms with Crippen LogP contribution in [0.2, 0.25) is 0 Å². The van der Waals surface area contributed by atoms with Gasteiger partial charge in [-0.05, 0) is 31.5 Å². The van der Waals surface area contributed by atoms with Gasteiger partial charge in [-0.1, -0.05) is 6.07 Å². The molecule has 20 heavy (non-hydrogen) atoms. The van der Waals surface area contributed by atoms with Crippen LogP contribution >= 0.6 is 0 Å². The summed E-state index contributed by atoms with van der Waals surface area (Å²) in [6.07, 6.45) is 2.07. The number of carboxylic acid groups (broad SMARTS) is 1. The highest BCUT2D eigenvalue weighted by atomic mass is 16.5. The third-order valence-electron chi connectivity index (χ3n) is 3.73. The predicted octanol–water partition coefficient (Wildman–Crippen LogP) is 1.51. The summed E-state index contributed by atoms with van der Waals surface area (Å²) in [7, 11) is 1.58. The number of pyridine rings is 1. The minimum absolute atomic E-state index is 0.0875. The van der Waals surface area contributed by atoms with E-state index in [9.17, 15) is 9.90 Å². The van der Waals surface area contributed by atoms with Gasteiger partial charge in [0.1, 0.15) is 5.82 Å². The third-order valence-corrected chi connectivity index (χ3v) is 3.73. The summed E-state index contributed by atoms with van der Waals surface area (Å²) in [5.74, 6) is 0.580. The van der Waals surface area contributed by atoms with E-state index in [2.05, 4.69) is 10.3 Å². The van der Waals surface area contributed by atoms with Crippen LogP contribution in [0, 0.1) is 0 Å². The summed E-state index contributed by atoms with van der Waals surface area (Å²) in [6, 6.07) is 5.37. The molecule has 3 heterocycles. The Kier molecular flexibility index (Phi) is 3.31. The number of nitrogens with zero attached hydrogens (tertiary/aromatic N) is 2. The maximum Gasteiger partial charge on any atom is 0.356 e. The standard InChI is InChI=1S/C14H17N3O3/c1-20-11-6-2-5-10-12(14(18)19)16-13(17(10)11)9-4-3-7-15-8-9/h2,5-6,9,15H,3-4,7-8H2,1H3,(H,18,19). The topological polar surface area (TPSA) is 75.9 Å². The predicted molar refractivity (Wildman–Crippen MR) is 73.5 cm³/mol. The van der Waals surface area contributed by atoms with Gasteiger partial charge in [-0.15, -0.1) is 0 Å². The molecular weight excluding hydrogens is 258 g/mol. The molecule has 2 N–H and O–H groups in total. The molecule has 6 heteroatoms. The van der Waals surface area contributed by atoms with Crippen LogP contribution in [0.5, 0.6) is 5.88 Å². The molecular formula is C14H17N3O3. The Hall–Kier alpha value is -2.08.